The zero-order chi connectivity index (χ0) is 25.1. The van der Waals surface area contributed by atoms with E-state index in [9.17, 15) is 4.79 Å². The van der Waals surface area contributed by atoms with Crippen LogP contribution in [-0.2, 0) is 4.74 Å². The van der Waals surface area contributed by atoms with Crippen molar-refractivity contribution < 1.29 is 9.53 Å². The molecule has 0 radical (unpaired) electrons. The van der Waals surface area contributed by atoms with E-state index in [1.807, 2.05) is 36.5 Å². The van der Waals surface area contributed by atoms with Crippen LogP contribution in [0.15, 0.2) is 54.7 Å². The summed E-state index contributed by atoms with van der Waals surface area (Å²) in [4.78, 5) is 21.3. The number of pyridine rings is 1. The fourth-order valence-electron chi connectivity index (χ4n) is 4.92. The Morgan fingerprint density at radius 1 is 1.17 bits per heavy atom. The van der Waals surface area contributed by atoms with Crippen molar-refractivity contribution in [1.82, 2.24) is 24.7 Å². The fourth-order valence-corrected chi connectivity index (χ4v) is 5.25. The molecular formula is C27H33N5O2S. The van der Waals surface area contributed by atoms with Crippen LogP contribution in [0.3, 0.4) is 0 Å². The van der Waals surface area contributed by atoms with Gasteiger partial charge in [0.05, 0.1) is 30.5 Å². The number of nitrogens with one attached hydrogen (secondary N) is 1. The molecule has 0 bridgehead atoms. The summed E-state index contributed by atoms with van der Waals surface area (Å²) in [5.74, 6) is -0.345. The molecular weight excluding hydrogens is 458 g/mol. The van der Waals surface area contributed by atoms with Crippen LogP contribution in [-0.4, -0.2) is 64.7 Å². The molecule has 8 heteroatoms. The highest BCUT2D eigenvalue weighted by molar-refractivity contribution is 7.80. The lowest BCUT2D eigenvalue weighted by atomic mass is 9.96. The molecule has 0 amide bonds. The summed E-state index contributed by atoms with van der Waals surface area (Å²) in [5.41, 5.74) is 5.81. The van der Waals surface area contributed by atoms with E-state index in [0.29, 0.717) is 5.56 Å². The van der Waals surface area contributed by atoms with Gasteiger partial charge in [0.2, 0.25) is 0 Å². The maximum absolute atomic E-state index is 12.1. The number of thiocarbonyl (C=S) groups is 1. The van der Waals surface area contributed by atoms with Crippen LogP contribution >= 0.6 is 12.2 Å². The molecule has 2 aromatic heterocycles. The van der Waals surface area contributed by atoms with Crippen LogP contribution in [0.25, 0.3) is 5.69 Å². The van der Waals surface area contributed by atoms with Crippen molar-refractivity contribution in [2.75, 3.05) is 34.3 Å². The number of nitrogens with zero attached hydrogens (tertiary/aromatic N) is 4. The van der Waals surface area contributed by atoms with Gasteiger partial charge < -0.3 is 24.4 Å². The second-order valence-electron chi connectivity index (χ2n) is 9.18. The first-order valence-corrected chi connectivity index (χ1v) is 12.2. The zero-order valence-corrected chi connectivity index (χ0v) is 21.8. The number of methoxy groups -OCH3 is 1. The van der Waals surface area contributed by atoms with Crippen molar-refractivity contribution in [3.05, 3.63) is 82.9 Å². The van der Waals surface area contributed by atoms with E-state index >= 15 is 0 Å². The SMILES string of the molecule is COC(=O)c1cccc(-n2c(C)cc([C@@H]3[C@@H](c4ccccn4)NC(=S)N3CCCN(C)C)c2C)c1. The minimum Gasteiger partial charge on any atom is -0.465 e. The maximum Gasteiger partial charge on any atom is 0.337 e. The molecule has 3 heterocycles. The summed E-state index contributed by atoms with van der Waals surface area (Å²) in [5, 5.41) is 4.30. The molecule has 0 aliphatic carbocycles. The predicted octanol–water partition coefficient (Wildman–Crippen LogP) is 4.20. The van der Waals surface area contributed by atoms with E-state index in [2.05, 4.69) is 64.7 Å². The standard InChI is InChI=1S/C27H33N5O2S/c1-18-16-22(19(2)32(18)21-11-8-10-20(17-21)26(33)34-5)25-24(23-12-6-7-13-28-23)29-27(35)31(25)15-9-14-30(3)4/h6-8,10-13,16-17,24-25H,9,14-15H2,1-5H3,(H,29,35)/t24-,25-/m1/s1. The Hall–Kier alpha value is -3.23. The Labute approximate surface area is 212 Å². The second kappa shape index (κ2) is 10.6. The Morgan fingerprint density at radius 2 is 1.97 bits per heavy atom. The molecule has 1 fully saturated rings. The van der Waals surface area contributed by atoms with E-state index < -0.39 is 0 Å². The Bertz CT molecular complexity index is 1210. The summed E-state index contributed by atoms with van der Waals surface area (Å²) < 4.78 is 7.12. The molecule has 1 aliphatic rings. The lowest BCUT2D eigenvalue weighted by Crippen LogP contribution is -2.32. The van der Waals surface area contributed by atoms with Gasteiger partial charge in [-0.25, -0.2) is 4.79 Å². The number of esters is 1. The van der Waals surface area contributed by atoms with Gasteiger partial charge in [0.1, 0.15) is 0 Å². The van der Waals surface area contributed by atoms with Crippen LogP contribution < -0.4 is 5.32 Å². The molecule has 4 rings (SSSR count). The molecule has 1 aromatic carbocycles. The second-order valence-corrected chi connectivity index (χ2v) is 9.57. The number of aryl methyl sites for hydroxylation is 1. The average molecular weight is 492 g/mol. The van der Waals surface area contributed by atoms with Gasteiger partial charge in [0.25, 0.3) is 0 Å². The molecule has 184 valence electrons. The van der Waals surface area contributed by atoms with Crippen LogP contribution in [0.1, 0.15) is 51.5 Å². The lowest BCUT2D eigenvalue weighted by molar-refractivity contribution is 0.0600. The van der Waals surface area contributed by atoms with Gasteiger partial charge in [-0.1, -0.05) is 12.1 Å². The van der Waals surface area contributed by atoms with E-state index in [1.54, 1.807) is 6.07 Å². The number of carbonyl (C=O) groups excluding carboxylic acids is 1. The largest absolute Gasteiger partial charge is 0.465 e. The molecule has 3 aromatic rings. The highest BCUT2D eigenvalue weighted by Crippen LogP contribution is 2.41. The third kappa shape index (κ3) is 5.09. The van der Waals surface area contributed by atoms with Gasteiger partial charge in [-0.15, -0.1) is 0 Å². The summed E-state index contributed by atoms with van der Waals surface area (Å²) >= 11 is 5.82. The smallest absolute Gasteiger partial charge is 0.337 e. The molecule has 1 saturated heterocycles. The van der Waals surface area contributed by atoms with Crippen molar-refractivity contribution >= 4 is 23.3 Å². The summed E-state index contributed by atoms with van der Waals surface area (Å²) in [7, 11) is 5.58. The van der Waals surface area contributed by atoms with Crippen molar-refractivity contribution in [3.63, 3.8) is 0 Å². The molecule has 7 nitrogen and oxygen atoms in total. The highest BCUT2D eigenvalue weighted by atomic mass is 32.1. The van der Waals surface area contributed by atoms with Gasteiger partial charge in [-0.2, -0.15) is 0 Å². The van der Waals surface area contributed by atoms with Gasteiger partial charge in [-0.05, 0) is 95.1 Å². The first kappa shape index (κ1) is 24.9. The summed E-state index contributed by atoms with van der Waals surface area (Å²) in [6.07, 6.45) is 2.83. The van der Waals surface area contributed by atoms with Crippen LogP contribution in [0, 0.1) is 13.8 Å². The molecule has 0 unspecified atom stereocenters. The molecule has 1 N–H and O–H groups in total. The van der Waals surface area contributed by atoms with E-state index in [4.69, 9.17) is 17.0 Å². The van der Waals surface area contributed by atoms with Crippen molar-refractivity contribution in [2.24, 2.45) is 0 Å². The number of carbonyl (C=O) groups is 1. The molecule has 0 saturated carbocycles. The summed E-state index contributed by atoms with van der Waals surface area (Å²) in [6.45, 7) is 6.05. The quantitative estimate of drug-likeness (QED) is 0.374. The lowest BCUT2D eigenvalue weighted by Gasteiger charge is -2.28. The zero-order valence-electron chi connectivity index (χ0n) is 21.0. The van der Waals surface area contributed by atoms with Gasteiger partial charge in [0, 0.05) is 29.8 Å². The molecule has 1 aliphatic heterocycles. The minimum absolute atomic E-state index is 0.00306. The first-order valence-electron chi connectivity index (χ1n) is 11.8. The molecule has 0 spiro atoms. The van der Waals surface area contributed by atoms with Gasteiger partial charge >= 0.3 is 5.97 Å². The molecule has 35 heavy (non-hydrogen) atoms. The third-order valence-corrected chi connectivity index (χ3v) is 6.87. The van der Waals surface area contributed by atoms with Crippen molar-refractivity contribution in [3.8, 4) is 5.69 Å². The number of benzene rings is 1. The van der Waals surface area contributed by atoms with Crippen LogP contribution in [0.4, 0.5) is 0 Å². The first-order chi connectivity index (χ1) is 16.8. The van der Waals surface area contributed by atoms with Crippen molar-refractivity contribution in [2.45, 2.75) is 32.4 Å². The number of rotatable bonds is 8. The van der Waals surface area contributed by atoms with Crippen LogP contribution in [0.2, 0.25) is 0 Å². The minimum atomic E-state index is -0.345. The Balaban J connectivity index is 1.77. The number of hydrogen-bond donors (Lipinski definition) is 1. The number of ether oxygens (including phenoxy) is 1. The molecule has 2 atom stereocenters. The fraction of sp³-hybridized carbons (Fsp3) is 0.370. The normalized spacial score (nSPS) is 17.7. The Kier molecular flexibility index (Phi) is 7.52. The van der Waals surface area contributed by atoms with Gasteiger partial charge in [-0.3, -0.25) is 4.98 Å². The number of aromatic nitrogens is 2. The van der Waals surface area contributed by atoms with Gasteiger partial charge in [0.15, 0.2) is 5.11 Å². The topological polar surface area (TPSA) is 62.6 Å². The highest BCUT2D eigenvalue weighted by Gasteiger charge is 2.41. The Morgan fingerprint density at radius 3 is 2.66 bits per heavy atom. The number of hydrogen-bond acceptors (Lipinski definition) is 5. The maximum atomic E-state index is 12.1. The summed E-state index contributed by atoms with van der Waals surface area (Å²) in [6, 6.07) is 15.7. The van der Waals surface area contributed by atoms with E-state index in [1.165, 1.54) is 12.7 Å². The third-order valence-electron chi connectivity index (χ3n) is 6.52. The van der Waals surface area contributed by atoms with Crippen molar-refractivity contribution in [1.29, 1.82) is 0 Å². The predicted molar refractivity (Wildman–Crippen MR) is 142 cm³/mol. The van der Waals surface area contributed by atoms with Crippen LogP contribution in [0.5, 0.6) is 0 Å². The van der Waals surface area contributed by atoms with E-state index in [0.717, 1.165) is 47.4 Å². The monoisotopic (exact) mass is 491 g/mol. The van der Waals surface area contributed by atoms with E-state index in [-0.39, 0.29) is 18.1 Å². The average Bonchev–Trinajstić information content (AvgIpc) is 3.33.